The minimum atomic E-state index is -1.10. The second kappa shape index (κ2) is 18.9. The quantitative estimate of drug-likeness (QED) is 0.239. The molecule has 5 unspecified atom stereocenters. The highest BCUT2D eigenvalue weighted by Gasteiger charge is 2.21. The van der Waals surface area contributed by atoms with E-state index in [1.807, 2.05) is 57.2 Å². The highest BCUT2D eigenvalue weighted by Crippen LogP contribution is 2.21. The van der Waals surface area contributed by atoms with Crippen molar-refractivity contribution in [3.8, 4) is 0 Å². The Kier molecular flexibility index (Phi) is 16.4. The molecule has 1 rings (SSSR count). The summed E-state index contributed by atoms with van der Waals surface area (Å²) < 4.78 is 10.9. The van der Waals surface area contributed by atoms with Crippen molar-refractivity contribution in [2.45, 2.75) is 97.1 Å². The lowest BCUT2D eigenvalue weighted by atomic mass is 9.95. The number of rotatable bonds is 6. The van der Waals surface area contributed by atoms with Crippen LogP contribution in [0.4, 0.5) is 4.79 Å². The molecule has 0 radical (unpaired) electrons. The van der Waals surface area contributed by atoms with Gasteiger partial charge >= 0.3 is 12.1 Å². The van der Waals surface area contributed by atoms with Crippen molar-refractivity contribution < 1.29 is 34.1 Å². The number of aliphatic hydroxyl groups excluding tert-OH is 2. The van der Waals surface area contributed by atoms with Crippen molar-refractivity contribution in [1.29, 1.82) is 0 Å². The number of primary amides is 1. The first-order chi connectivity index (χ1) is 18.5. The van der Waals surface area contributed by atoms with Crippen LogP contribution in [0.25, 0.3) is 0 Å². The molecule has 0 bridgehead atoms. The van der Waals surface area contributed by atoms with Crippen molar-refractivity contribution >= 4 is 17.8 Å². The highest BCUT2D eigenvalue weighted by molar-refractivity contribution is 5.82. The van der Waals surface area contributed by atoms with Crippen LogP contribution in [0.5, 0.6) is 0 Å². The molecule has 0 aliphatic carbocycles. The average molecular weight is 544 g/mol. The van der Waals surface area contributed by atoms with Crippen LogP contribution in [-0.2, 0) is 19.1 Å². The van der Waals surface area contributed by atoms with Gasteiger partial charge in [-0.15, -0.1) is 0 Å². The van der Waals surface area contributed by atoms with Crippen LogP contribution in [0, 0.1) is 5.92 Å². The van der Waals surface area contributed by atoms with Gasteiger partial charge in [-0.3, -0.25) is 4.79 Å². The first-order valence-electron chi connectivity index (χ1n) is 13.5. The van der Waals surface area contributed by atoms with Gasteiger partial charge in [0.1, 0.15) is 24.1 Å². The molecule has 8 nitrogen and oxygen atoms in total. The first kappa shape index (κ1) is 33.8. The third kappa shape index (κ3) is 16.4. The van der Waals surface area contributed by atoms with Gasteiger partial charge in [-0.25, -0.2) is 9.59 Å². The van der Waals surface area contributed by atoms with E-state index >= 15 is 0 Å². The summed E-state index contributed by atoms with van der Waals surface area (Å²) in [6, 6.07) is 0. The number of ketones is 1. The van der Waals surface area contributed by atoms with Crippen LogP contribution in [0.1, 0.15) is 72.6 Å². The smallest absolute Gasteiger partial charge is 0.404 e. The molecule has 0 aromatic rings. The highest BCUT2D eigenvalue weighted by atomic mass is 16.6. The van der Waals surface area contributed by atoms with E-state index in [9.17, 15) is 24.6 Å². The Morgan fingerprint density at radius 2 is 1.92 bits per heavy atom. The number of hydrogen-bond acceptors (Lipinski definition) is 7. The van der Waals surface area contributed by atoms with Crippen LogP contribution in [0.3, 0.4) is 0 Å². The Labute approximate surface area is 232 Å². The molecule has 1 aliphatic rings. The van der Waals surface area contributed by atoms with Gasteiger partial charge in [-0.1, -0.05) is 72.8 Å². The summed E-state index contributed by atoms with van der Waals surface area (Å²) in [6.45, 7) is 7.44. The van der Waals surface area contributed by atoms with E-state index in [4.69, 9.17) is 15.2 Å². The van der Waals surface area contributed by atoms with Crippen LogP contribution >= 0.6 is 0 Å². The lowest BCUT2D eigenvalue weighted by molar-refractivity contribution is -0.144. The normalized spacial score (nSPS) is 29.3. The maximum absolute atomic E-state index is 12.6. The third-order valence-electron chi connectivity index (χ3n) is 6.13. The van der Waals surface area contributed by atoms with Crippen molar-refractivity contribution in [3.05, 3.63) is 71.9 Å². The minimum Gasteiger partial charge on any atom is -0.458 e. The number of hydrogen-bond donors (Lipinski definition) is 3. The van der Waals surface area contributed by atoms with Gasteiger partial charge in [-0.05, 0) is 52.9 Å². The molecule has 0 spiro atoms. The van der Waals surface area contributed by atoms with Crippen molar-refractivity contribution in [2.24, 2.45) is 11.7 Å². The largest absolute Gasteiger partial charge is 0.458 e. The molecule has 1 amide bonds. The fraction of sp³-hybridized carbons (Fsp3) is 0.516. The SMILES string of the molecule is CC(=O)C/C=C/C(C)=C/C(C)C1C/C(C)=C/C=C/CCC(OC(N)=O)C(O)/C=C/C(O)CCC/C=C/C(=O)O1. The molecule has 8 heteroatoms. The number of Topliss-reactive ketones (excluding diaryl/α,β-unsaturated/α-hetero) is 1. The molecule has 4 N–H and O–H groups in total. The number of carbonyl (C=O) groups is 3. The third-order valence-corrected chi connectivity index (χ3v) is 6.13. The standard InChI is InChI=1S/C31H45NO7/c1-22(13-11-14-25(4)33)20-24(3)29-21-23(2)12-7-5-9-16-28(39-31(32)37)27(35)19-18-26(34)15-8-6-10-17-30(36)38-29/h5,7,10-13,17-20,24,26-29,34-35H,6,8-9,14-16,21H2,1-4H3,(H2,32,37)/b7-5+,13-11+,17-10+,19-18+,22-20+,23-12+. The number of aliphatic hydroxyl groups is 2. The van der Waals surface area contributed by atoms with E-state index < -0.39 is 36.5 Å². The summed E-state index contributed by atoms with van der Waals surface area (Å²) in [4.78, 5) is 35.1. The number of nitrogens with two attached hydrogens (primary N) is 1. The molecule has 1 aliphatic heterocycles. The fourth-order valence-corrected chi connectivity index (χ4v) is 4.02. The van der Waals surface area contributed by atoms with Gasteiger partial charge < -0.3 is 25.4 Å². The number of cyclic esters (lactones) is 1. The number of allylic oxidation sites excluding steroid dienone is 7. The summed E-state index contributed by atoms with van der Waals surface area (Å²) in [7, 11) is 0. The molecule has 0 saturated carbocycles. The molecule has 5 atom stereocenters. The van der Waals surface area contributed by atoms with Crippen LogP contribution in [0.2, 0.25) is 0 Å². The fourth-order valence-electron chi connectivity index (χ4n) is 4.02. The first-order valence-corrected chi connectivity index (χ1v) is 13.5. The molecule has 0 fully saturated rings. The van der Waals surface area contributed by atoms with Gasteiger partial charge in [0.15, 0.2) is 0 Å². The monoisotopic (exact) mass is 543 g/mol. The molecular formula is C31H45NO7. The summed E-state index contributed by atoms with van der Waals surface area (Å²) in [6.07, 6.45) is 16.7. The average Bonchev–Trinajstić information content (AvgIpc) is 2.84. The summed E-state index contributed by atoms with van der Waals surface area (Å²) in [5, 5.41) is 20.6. The van der Waals surface area contributed by atoms with Gasteiger partial charge in [0, 0.05) is 24.8 Å². The summed E-state index contributed by atoms with van der Waals surface area (Å²) in [5.41, 5.74) is 7.15. The summed E-state index contributed by atoms with van der Waals surface area (Å²) in [5.74, 6) is -0.411. The predicted molar refractivity (Wildman–Crippen MR) is 153 cm³/mol. The van der Waals surface area contributed by atoms with Crippen molar-refractivity contribution in [3.63, 3.8) is 0 Å². The number of amides is 1. The molecule has 0 aromatic heterocycles. The molecule has 1 heterocycles. The van der Waals surface area contributed by atoms with Crippen LogP contribution < -0.4 is 5.73 Å². The molecule has 39 heavy (non-hydrogen) atoms. The van der Waals surface area contributed by atoms with E-state index in [1.54, 1.807) is 13.0 Å². The lowest BCUT2D eigenvalue weighted by Gasteiger charge is -2.22. The number of carbonyl (C=O) groups excluding carboxylic acids is 3. The minimum absolute atomic E-state index is 0.0790. The Morgan fingerprint density at radius 3 is 2.62 bits per heavy atom. The van der Waals surface area contributed by atoms with E-state index in [1.165, 1.54) is 18.2 Å². The molecular weight excluding hydrogens is 498 g/mol. The maximum Gasteiger partial charge on any atom is 0.404 e. The maximum atomic E-state index is 12.6. The van der Waals surface area contributed by atoms with Gasteiger partial charge in [-0.2, -0.15) is 0 Å². The van der Waals surface area contributed by atoms with Gasteiger partial charge in [0.05, 0.1) is 6.10 Å². The van der Waals surface area contributed by atoms with Gasteiger partial charge in [0.2, 0.25) is 0 Å². The number of ether oxygens (including phenoxy) is 2. The molecule has 0 saturated heterocycles. The zero-order chi connectivity index (χ0) is 29.2. The Hall–Kier alpha value is -3.23. The van der Waals surface area contributed by atoms with Gasteiger partial charge in [0.25, 0.3) is 0 Å². The van der Waals surface area contributed by atoms with Crippen molar-refractivity contribution in [2.75, 3.05) is 0 Å². The van der Waals surface area contributed by atoms with E-state index in [-0.39, 0.29) is 11.7 Å². The zero-order valence-electron chi connectivity index (χ0n) is 23.6. The lowest BCUT2D eigenvalue weighted by Crippen LogP contribution is -2.32. The Bertz CT molecular complexity index is 973. The van der Waals surface area contributed by atoms with E-state index in [0.717, 1.165) is 11.1 Å². The second-order valence-corrected chi connectivity index (χ2v) is 10.0. The molecule has 0 aromatic carbocycles. The predicted octanol–water partition coefficient (Wildman–Crippen LogP) is 5.17. The van der Waals surface area contributed by atoms with E-state index in [2.05, 4.69) is 0 Å². The second-order valence-electron chi connectivity index (χ2n) is 10.0. The van der Waals surface area contributed by atoms with Crippen molar-refractivity contribution in [1.82, 2.24) is 0 Å². The topological polar surface area (TPSA) is 136 Å². The Balaban J connectivity index is 3.10. The molecule has 216 valence electrons. The van der Waals surface area contributed by atoms with E-state index in [0.29, 0.717) is 44.9 Å². The Morgan fingerprint density at radius 1 is 1.18 bits per heavy atom. The van der Waals surface area contributed by atoms with Crippen LogP contribution in [0.15, 0.2) is 71.9 Å². The van der Waals surface area contributed by atoms with Crippen LogP contribution in [-0.4, -0.2) is 52.5 Å². The summed E-state index contributed by atoms with van der Waals surface area (Å²) >= 11 is 0. The number of esters is 1. The zero-order valence-corrected chi connectivity index (χ0v) is 23.6.